The van der Waals surface area contributed by atoms with Gasteiger partial charge in [0.15, 0.2) is 0 Å². The number of aromatic nitrogens is 2. The van der Waals surface area contributed by atoms with Gasteiger partial charge in [0.05, 0.1) is 0 Å². The number of benzene rings is 1. The summed E-state index contributed by atoms with van der Waals surface area (Å²) < 4.78 is 0. The lowest BCUT2D eigenvalue weighted by Crippen LogP contribution is -2.24. The predicted octanol–water partition coefficient (Wildman–Crippen LogP) is 2.58. The zero-order chi connectivity index (χ0) is 14.0. The molecule has 0 aliphatic carbocycles. The fourth-order valence-corrected chi connectivity index (χ4v) is 1.82. The summed E-state index contributed by atoms with van der Waals surface area (Å²) in [5.74, 6) is 0.672. The highest BCUT2D eigenvalue weighted by Crippen LogP contribution is 2.04. The molecule has 0 unspecified atom stereocenters. The molecule has 0 saturated carbocycles. The molecule has 0 fully saturated rings. The summed E-state index contributed by atoms with van der Waals surface area (Å²) in [5.41, 5.74) is 2.55. The molecule has 20 heavy (non-hydrogen) atoms. The Hall–Kier alpha value is -2.20. The molecule has 4 nitrogen and oxygen atoms in total. The largest absolute Gasteiger partial charge is 0.353 e. The molecule has 2 rings (SSSR count). The fourth-order valence-electron chi connectivity index (χ4n) is 1.82. The molecule has 1 aromatic heterocycles. The number of nitrogens with one attached hydrogen (secondary N) is 2. The van der Waals surface area contributed by atoms with Crippen LogP contribution >= 0.6 is 0 Å². The van der Waals surface area contributed by atoms with Crippen molar-refractivity contribution in [2.24, 2.45) is 0 Å². The summed E-state index contributed by atoms with van der Waals surface area (Å²) >= 11 is 0. The van der Waals surface area contributed by atoms with Crippen molar-refractivity contribution in [3.63, 3.8) is 0 Å². The molecule has 0 bridgehead atoms. The SMILES string of the molecule is CC(=Cc1ccccc1)CNCCNc1ncccn1. The summed E-state index contributed by atoms with van der Waals surface area (Å²) in [6.07, 6.45) is 5.66. The van der Waals surface area contributed by atoms with E-state index in [9.17, 15) is 0 Å². The molecule has 0 atom stereocenters. The van der Waals surface area contributed by atoms with E-state index in [2.05, 4.69) is 57.9 Å². The first-order valence-electron chi connectivity index (χ1n) is 6.78. The van der Waals surface area contributed by atoms with Gasteiger partial charge in [-0.15, -0.1) is 0 Å². The molecule has 104 valence electrons. The van der Waals surface area contributed by atoms with Crippen LogP contribution in [0.25, 0.3) is 6.08 Å². The Labute approximate surface area is 120 Å². The van der Waals surface area contributed by atoms with Crippen molar-refractivity contribution in [2.75, 3.05) is 25.0 Å². The summed E-state index contributed by atoms with van der Waals surface area (Å²) in [7, 11) is 0. The molecule has 0 radical (unpaired) electrons. The molecule has 0 amide bonds. The Morgan fingerprint density at radius 2 is 1.80 bits per heavy atom. The second-order valence-corrected chi connectivity index (χ2v) is 4.58. The molecule has 4 heteroatoms. The third-order valence-electron chi connectivity index (χ3n) is 2.77. The van der Waals surface area contributed by atoms with Gasteiger partial charge in [-0.1, -0.05) is 42.0 Å². The highest BCUT2D eigenvalue weighted by Gasteiger charge is 1.94. The average molecular weight is 268 g/mol. The second-order valence-electron chi connectivity index (χ2n) is 4.58. The number of hydrogen-bond donors (Lipinski definition) is 2. The van der Waals surface area contributed by atoms with Gasteiger partial charge in [-0.25, -0.2) is 9.97 Å². The van der Waals surface area contributed by atoms with Crippen molar-refractivity contribution in [1.82, 2.24) is 15.3 Å². The van der Waals surface area contributed by atoms with Gasteiger partial charge >= 0.3 is 0 Å². The highest BCUT2D eigenvalue weighted by molar-refractivity contribution is 5.52. The summed E-state index contributed by atoms with van der Waals surface area (Å²) in [6.45, 7) is 4.70. The van der Waals surface area contributed by atoms with Gasteiger partial charge in [0, 0.05) is 32.0 Å². The summed E-state index contributed by atoms with van der Waals surface area (Å²) in [6, 6.07) is 12.2. The molecule has 0 spiro atoms. The molecule has 0 aliphatic heterocycles. The lowest BCUT2D eigenvalue weighted by Gasteiger charge is -2.06. The maximum absolute atomic E-state index is 4.11. The van der Waals surface area contributed by atoms with Crippen LogP contribution < -0.4 is 10.6 Å². The van der Waals surface area contributed by atoms with Crippen LogP contribution in [0.1, 0.15) is 12.5 Å². The van der Waals surface area contributed by atoms with E-state index in [1.54, 1.807) is 18.5 Å². The molecule has 1 heterocycles. The minimum absolute atomic E-state index is 0.672. The van der Waals surface area contributed by atoms with E-state index in [4.69, 9.17) is 0 Å². The molecular weight excluding hydrogens is 248 g/mol. The van der Waals surface area contributed by atoms with Crippen LogP contribution in [-0.4, -0.2) is 29.6 Å². The molecule has 2 N–H and O–H groups in total. The van der Waals surface area contributed by atoms with E-state index in [1.807, 2.05) is 6.07 Å². The normalized spacial score (nSPS) is 11.3. The van der Waals surface area contributed by atoms with Gasteiger partial charge in [-0.3, -0.25) is 0 Å². The minimum atomic E-state index is 0.672. The monoisotopic (exact) mass is 268 g/mol. The number of rotatable bonds is 7. The van der Waals surface area contributed by atoms with Crippen molar-refractivity contribution in [3.05, 3.63) is 59.9 Å². The van der Waals surface area contributed by atoms with Crippen molar-refractivity contribution < 1.29 is 0 Å². The minimum Gasteiger partial charge on any atom is -0.353 e. The van der Waals surface area contributed by atoms with Gasteiger partial charge < -0.3 is 10.6 Å². The van der Waals surface area contributed by atoms with E-state index in [0.29, 0.717) is 5.95 Å². The first-order chi connectivity index (χ1) is 9.84. The van der Waals surface area contributed by atoms with Crippen molar-refractivity contribution >= 4 is 12.0 Å². The van der Waals surface area contributed by atoms with Crippen LogP contribution in [0.3, 0.4) is 0 Å². The Morgan fingerprint density at radius 3 is 2.55 bits per heavy atom. The highest BCUT2D eigenvalue weighted by atomic mass is 15.1. The van der Waals surface area contributed by atoms with Crippen LogP contribution in [-0.2, 0) is 0 Å². The van der Waals surface area contributed by atoms with Crippen molar-refractivity contribution in [2.45, 2.75) is 6.92 Å². The lowest BCUT2D eigenvalue weighted by molar-refractivity contribution is 0.750. The smallest absolute Gasteiger partial charge is 0.222 e. The maximum Gasteiger partial charge on any atom is 0.222 e. The Balaban J connectivity index is 1.65. The molecule has 2 aromatic rings. The van der Waals surface area contributed by atoms with Crippen LogP contribution in [0, 0.1) is 0 Å². The molecule has 0 aliphatic rings. The average Bonchev–Trinajstić information content (AvgIpc) is 2.49. The molecule has 0 saturated heterocycles. The number of nitrogens with zero attached hydrogens (tertiary/aromatic N) is 2. The van der Waals surface area contributed by atoms with E-state index in [1.165, 1.54) is 11.1 Å². The Bertz CT molecular complexity index is 523. The molecular formula is C16H20N4. The third-order valence-corrected chi connectivity index (χ3v) is 2.77. The van der Waals surface area contributed by atoms with Gasteiger partial charge in [-0.2, -0.15) is 0 Å². The first kappa shape index (κ1) is 14.2. The Kier molecular flexibility index (Phi) is 5.73. The summed E-state index contributed by atoms with van der Waals surface area (Å²) in [5, 5.41) is 6.55. The van der Waals surface area contributed by atoms with Crippen LogP contribution in [0.5, 0.6) is 0 Å². The quantitative estimate of drug-likeness (QED) is 0.758. The second kappa shape index (κ2) is 8.07. The standard InChI is InChI=1S/C16H20N4/c1-14(12-15-6-3-2-4-7-15)13-17-10-11-20-16-18-8-5-9-19-16/h2-9,12,17H,10-11,13H2,1H3,(H,18,19,20). The van der Waals surface area contributed by atoms with E-state index in [-0.39, 0.29) is 0 Å². The van der Waals surface area contributed by atoms with E-state index in [0.717, 1.165) is 19.6 Å². The van der Waals surface area contributed by atoms with Gasteiger partial charge in [0.25, 0.3) is 0 Å². The Morgan fingerprint density at radius 1 is 1.05 bits per heavy atom. The van der Waals surface area contributed by atoms with Gasteiger partial charge in [0.2, 0.25) is 5.95 Å². The predicted molar refractivity (Wildman–Crippen MR) is 83.5 cm³/mol. The number of hydrogen-bond acceptors (Lipinski definition) is 4. The number of anilines is 1. The topological polar surface area (TPSA) is 49.8 Å². The first-order valence-corrected chi connectivity index (χ1v) is 6.78. The lowest BCUT2D eigenvalue weighted by atomic mass is 10.1. The van der Waals surface area contributed by atoms with E-state index < -0.39 is 0 Å². The third kappa shape index (κ3) is 5.20. The van der Waals surface area contributed by atoms with Gasteiger partial charge in [-0.05, 0) is 18.6 Å². The van der Waals surface area contributed by atoms with E-state index >= 15 is 0 Å². The van der Waals surface area contributed by atoms with Crippen molar-refractivity contribution in [3.8, 4) is 0 Å². The zero-order valence-electron chi connectivity index (χ0n) is 11.7. The van der Waals surface area contributed by atoms with Gasteiger partial charge in [0.1, 0.15) is 0 Å². The summed E-state index contributed by atoms with van der Waals surface area (Å²) in [4.78, 5) is 8.21. The van der Waals surface area contributed by atoms with Crippen molar-refractivity contribution in [1.29, 1.82) is 0 Å². The molecule has 1 aromatic carbocycles. The zero-order valence-corrected chi connectivity index (χ0v) is 11.7. The van der Waals surface area contributed by atoms with Crippen LogP contribution in [0.2, 0.25) is 0 Å². The fraction of sp³-hybridized carbons (Fsp3) is 0.250. The van der Waals surface area contributed by atoms with Crippen LogP contribution in [0.4, 0.5) is 5.95 Å². The maximum atomic E-state index is 4.11. The van der Waals surface area contributed by atoms with Crippen LogP contribution in [0.15, 0.2) is 54.4 Å².